The molecular formula is C10H14O10. The molecule has 0 radical (unpaired) electrons. The highest BCUT2D eigenvalue weighted by Gasteiger charge is 2.40. The van der Waals surface area contributed by atoms with Gasteiger partial charge in [-0.2, -0.15) is 0 Å². The number of esters is 2. The van der Waals surface area contributed by atoms with Crippen molar-refractivity contribution >= 4 is 11.9 Å². The van der Waals surface area contributed by atoms with Crippen LogP contribution in [0.1, 0.15) is 0 Å². The molecule has 0 aromatic rings. The minimum Gasteiger partial charge on any atom is -0.505 e. The third-order valence-corrected chi connectivity index (χ3v) is 2.48. The Labute approximate surface area is 112 Å². The number of ether oxygens (including phenoxy) is 2. The standard InChI is InChI=1S/C10H14O10/c11-1-3(12)5(14)9(17)19-2-4(13)8-6(15)7(16)10(18)20-8/h3-5,8,11-16H,1-2H2/t3-,4+,5-,8+/m0/s1. The molecule has 0 aromatic heterocycles. The van der Waals surface area contributed by atoms with Crippen LogP contribution < -0.4 is 0 Å². The van der Waals surface area contributed by atoms with Gasteiger partial charge in [-0.05, 0) is 0 Å². The van der Waals surface area contributed by atoms with Crippen LogP contribution in [0, 0.1) is 0 Å². The van der Waals surface area contributed by atoms with Gasteiger partial charge in [0, 0.05) is 0 Å². The van der Waals surface area contributed by atoms with Gasteiger partial charge in [-0.3, -0.25) is 0 Å². The quantitative estimate of drug-likeness (QED) is 0.274. The Kier molecular flexibility index (Phi) is 5.27. The van der Waals surface area contributed by atoms with E-state index in [1.165, 1.54) is 0 Å². The van der Waals surface area contributed by atoms with Crippen LogP contribution in [0.4, 0.5) is 0 Å². The fraction of sp³-hybridized carbons (Fsp3) is 0.600. The molecule has 6 N–H and O–H groups in total. The van der Waals surface area contributed by atoms with Gasteiger partial charge in [-0.1, -0.05) is 0 Å². The molecule has 114 valence electrons. The Bertz CT molecular complexity index is 416. The number of rotatable bonds is 6. The van der Waals surface area contributed by atoms with Crippen molar-refractivity contribution in [3.63, 3.8) is 0 Å². The first kappa shape index (κ1) is 16.2. The van der Waals surface area contributed by atoms with E-state index in [1.807, 2.05) is 0 Å². The molecule has 1 heterocycles. The van der Waals surface area contributed by atoms with Crippen LogP contribution >= 0.6 is 0 Å². The Morgan fingerprint density at radius 2 is 1.90 bits per heavy atom. The second-order valence-electron chi connectivity index (χ2n) is 3.95. The van der Waals surface area contributed by atoms with Crippen molar-refractivity contribution in [3.8, 4) is 0 Å². The number of aliphatic hydroxyl groups is 6. The molecule has 1 aliphatic heterocycles. The largest absolute Gasteiger partial charge is 0.505 e. The first-order valence-electron chi connectivity index (χ1n) is 5.44. The third-order valence-electron chi connectivity index (χ3n) is 2.48. The Balaban J connectivity index is 2.51. The molecule has 20 heavy (non-hydrogen) atoms. The zero-order valence-corrected chi connectivity index (χ0v) is 10.0. The highest BCUT2D eigenvalue weighted by atomic mass is 16.6. The number of cyclic esters (lactones) is 1. The Morgan fingerprint density at radius 3 is 2.35 bits per heavy atom. The van der Waals surface area contributed by atoms with Crippen molar-refractivity contribution < 1.29 is 49.7 Å². The molecule has 0 amide bonds. The lowest BCUT2D eigenvalue weighted by Crippen LogP contribution is -2.40. The summed E-state index contributed by atoms with van der Waals surface area (Å²) in [6.07, 6.45) is -7.06. The lowest BCUT2D eigenvalue weighted by molar-refractivity contribution is -0.167. The monoisotopic (exact) mass is 294 g/mol. The second kappa shape index (κ2) is 6.52. The van der Waals surface area contributed by atoms with Gasteiger partial charge in [-0.25, -0.2) is 9.59 Å². The molecule has 0 spiro atoms. The van der Waals surface area contributed by atoms with Crippen molar-refractivity contribution in [2.45, 2.75) is 24.4 Å². The second-order valence-corrected chi connectivity index (χ2v) is 3.95. The van der Waals surface area contributed by atoms with Crippen LogP contribution in [0.5, 0.6) is 0 Å². The summed E-state index contributed by atoms with van der Waals surface area (Å²) < 4.78 is 8.81. The van der Waals surface area contributed by atoms with Gasteiger partial charge in [0.15, 0.2) is 18.0 Å². The van der Waals surface area contributed by atoms with Crippen LogP contribution in [0.2, 0.25) is 0 Å². The Morgan fingerprint density at radius 1 is 1.30 bits per heavy atom. The van der Waals surface area contributed by atoms with E-state index in [0.717, 1.165) is 0 Å². The summed E-state index contributed by atoms with van der Waals surface area (Å²) in [5.74, 6) is -4.54. The summed E-state index contributed by atoms with van der Waals surface area (Å²) in [7, 11) is 0. The van der Waals surface area contributed by atoms with E-state index in [0.29, 0.717) is 0 Å². The molecule has 1 aliphatic rings. The van der Waals surface area contributed by atoms with Gasteiger partial charge in [0.25, 0.3) is 0 Å². The minimum absolute atomic E-state index is 0.788. The zero-order chi connectivity index (χ0) is 15.4. The van der Waals surface area contributed by atoms with Gasteiger partial charge in [0.2, 0.25) is 5.76 Å². The van der Waals surface area contributed by atoms with E-state index < -0.39 is 61.1 Å². The lowest BCUT2D eigenvalue weighted by atomic mass is 10.2. The molecule has 0 saturated heterocycles. The maximum absolute atomic E-state index is 11.2. The maximum atomic E-state index is 11.2. The van der Waals surface area contributed by atoms with Gasteiger partial charge in [0.1, 0.15) is 18.8 Å². The van der Waals surface area contributed by atoms with Crippen LogP contribution in [0.25, 0.3) is 0 Å². The number of hydrogen-bond acceptors (Lipinski definition) is 10. The highest BCUT2D eigenvalue weighted by Crippen LogP contribution is 2.21. The number of carbonyl (C=O) groups is 2. The molecular weight excluding hydrogens is 280 g/mol. The van der Waals surface area contributed by atoms with Crippen LogP contribution in [-0.4, -0.2) is 80.2 Å². The first-order chi connectivity index (χ1) is 9.29. The topological polar surface area (TPSA) is 174 Å². The summed E-state index contributed by atoms with van der Waals surface area (Å²) in [5.41, 5.74) is 0. The molecule has 0 unspecified atom stereocenters. The van der Waals surface area contributed by atoms with Crippen molar-refractivity contribution in [2.75, 3.05) is 13.2 Å². The summed E-state index contributed by atoms with van der Waals surface area (Å²) in [4.78, 5) is 22.1. The molecule has 0 bridgehead atoms. The normalized spacial score (nSPS) is 23.2. The van der Waals surface area contributed by atoms with Crippen molar-refractivity contribution in [3.05, 3.63) is 11.5 Å². The maximum Gasteiger partial charge on any atom is 0.377 e. The predicted molar refractivity (Wildman–Crippen MR) is 58.2 cm³/mol. The average molecular weight is 294 g/mol. The summed E-state index contributed by atoms with van der Waals surface area (Å²) in [6.45, 7) is -1.67. The smallest absolute Gasteiger partial charge is 0.377 e. The fourth-order valence-electron chi connectivity index (χ4n) is 1.32. The van der Waals surface area contributed by atoms with Crippen LogP contribution in [0.15, 0.2) is 11.5 Å². The number of aliphatic hydroxyl groups excluding tert-OH is 6. The number of hydrogen-bond donors (Lipinski definition) is 6. The van der Waals surface area contributed by atoms with Crippen molar-refractivity contribution in [1.29, 1.82) is 0 Å². The molecule has 0 saturated carbocycles. The van der Waals surface area contributed by atoms with E-state index in [4.69, 9.17) is 20.4 Å². The van der Waals surface area contributed by atoms with Gasteiger partial charge < -0.3 is 40.1 Å². The Hall–Kier alpha value is -1.88. The van der Waals surface area contributed by atoms with Crippen molar-refractivity contribution in [1.82, 2.24) is 0 Å². The highest BCUT2D eigenvalue weighted by molar-refractivity contribution is 5.89. The lowest BCUT2D eigenvalue weighted by Gasteiger charge is -2.19. The summed E-state index contributed by atoms with van der Waals surface area (Å²) in [6, 6.07) is 0. The minimum atomic E-state index is -2.02. The van der Waals surface area contributed by atoms with Gasteiger partial charge >= 0.3 is 11.9 Å². The van der Waals surface area contributed by atoms with Crippen LogP contribution in [-0.2, 0) is 19.1 Å². The SMILES string of the molecule is O=C1O[C@H]([C@H](O)COC(=O)[C@@H](O)[C@@H](O)CO)C(O)=C1O. The molecule has 0 aliphatic carbocycles. The van der Waals surface area contributed by atoms with E-state index in [-0.39, 0.29) is 0 Å². The third kappa shape index (κ3) is 3.36. The van der Waals surface area contributed by atoms with E-state index >= 15 is 0 Å². The molecule has 0 aromatic carbocycles. The number of carbonyl (C=O) groups excluding carboxylic acids is 2. The van der Waals surface area contributed by atoms with E-state index in [9.17, 15) is 19.8 Å². The van der Waals surface area contributed by atoms with E-state index in [2.05, 4.69) is 9.47 Å². The zero-order valence-electron chi connectivity index (χ0n) is 10.0. The van der Waals surface area contributed by atoms with Crippen molar-refractivity contribution in [2.24, 2.45) is 0 Å². The molecule has 0 fully saturated rings. The molecule has 10 heteroatoms. The summed E-state index contributed by atoms with van der Waals surface area (Å²) >= 11 is 0. The van der Waals surface area contributed by atoms with E-state index in [1.54, 1.807) is 0 Å². The molecule has 1 rings (SSSR count). The predicted octanol–water partition coefficient (Wildman–Crippen LogP) is -3.14. The summed E-state index contributed by atoms with van der Waals surface area (Å²) in [5, 5.41) is 54.4. The van der Waals surface area contributed by atoms with Gasteiger partial charge in [-0.15, -0.1) is 0 Å². The van der Waals surface area contributed by atoms with Gasteiger partial charge in [0.05, 0.1) is 6.61 Å². The first-order valence-corrected chi connectivity index (χ1v) is 5.44. The fourth-order valence-corrected chi connectivity index (χ4v) is 1.32. The molecule has 10 nitrogen and oxygen atoms in total. The molecule has 4 atom stereocenters. The average Bonchev–Trinajstić information content (AvgIpc) is 2.70. The van der Waals surface area contributed by atoms with Crippen LogP contribution in [0.3, 0.4) is 0 Å².